The van der Waals surface area contributed by atoms with Gasteiger partial charge in [-0.2, -0.15) is 5.26 Å². The molecule has 0 aliphatic rings. The van der Waals surface area contributed by atoms with Crippen LogP contribution < -0.4 is 4.74 Å². The Kier molecular flexibility index (Phi) is 5.14. The van der Waals surface area contributed by atoms with Gasteiger partial charge in [0.25, 0.3) is 0 Å². The van der Waals surface area contributed by atoms with Crippen LogP contribution in [-0.4, -0.2) is 11.6 Å². The molecule has 104 valence electrons. The maximum atomic E-state index is 8.62. The first-order chi connectivity index (χ1) is 9.69. The fraction of sp³-hybridized carbons (Fsp3) is 0.375. The van der Waals surface area contributed by atoms with Gasteiger partial charge in [0, 0.05) is 17.5 Å². The highest BCUT2D eigenvalue weighted by molar-refractivity contribution is 7.11. The summed E-state index contributed by atoms with van der Waals surface area (Å²) >= 11 is 1.59. The van der Waals surface area contributed by atoms with E-state index in [-0.39, 0.29) is 0 Å². The second kappa shape index (κ2) is 7.06. The lowest BCUT2D eigenvalue weighted by atomic mass is 10.0. The lowest BCUT2D eigenvalue weighted by Crippen LogP contribution is -2.01. The SMILES string of the molecule is CC(C)c1ccc(OCCc2ncc(CC#N)s2)cc1. The second-order valence-electron chi connectivity index (χ2n) is 4.88. The van der Waals surface area contributed by atoms with Crippen molar-refractivity contribution in [3.8, 4) is 11.8 Å². The van der Waals surface area contributed by atoms with Gasteiger partial charge in [-0.25, -0.2) is 4.98 Å². The largest absolute Gasteiger partial charge is 0.493 e. The summed E-state index contributed by atoms with van der Waals surface area (Å²) < 4.78 is 5.72. The molecule has 20 heavy (non-hydrogen) atoms. The van der Waals surface area contributed by atoms with E-state index in [4.69, 9.17) is 10.00 Å². The Morgan fingerprint density at radius 1 is 1.30 bits per heavy atom. The van der Waals surface area contributed by atoms with Crippen LogP contribution in [0.5, 0.6) is 5.75 Å². The molecule has 1 aromatic carbocycles. The van der Waals surface area contributed by atoms with Gasteiger partial charge in [-0.3, -0.25) is 0 Å². The Balaban J connectivity index is 1.81. The maximum Gasteiger partial charge on any atom is 0.119 e. The molecule has 0 amide bonds. The minimum atomic E-state index is 0.440. The molecular weight excluding hydrogens is 268 g/mol. The normalized spacial score (nSPS) is 10.5. The predicted molar refractivity (Wildman–Crippen MR) is 81.2 cm³/mol. The third-order valence-electron chi connectivity index (χ3n) is 2.99. The number of aromatic nitrogens is 1. The zero-order valence-electron chi connectivity index (χ0n) is 11.8. The lowest BCUT2D eigenvalue weighted by Gasteiger charge is -2.08. The fourth-order valence-electron chi connectivity index (χ4n) is 1.83. The molecule has 0 aliphatic heterocycles. The summed E-state index contributed by atoms with van der Waals surface area (Å²) in [6.07, 6.45) is 3.00. The molecule has 2 aromatic rings. The summed E-state index contributed by atoms with van der Waals surface area (Å²) in [5.41, 5.74) is 1.32. The first-order valence-electron chi connectivity index (χ1n) is 6.72. The predicted octanol–water partition coefficient (Wildman–Crippen LogP) is 3.95. The standard InChI is InChI=1S/C16H18N2OS/c1-12(2)13-3-5-14(6-4-13)19-10-8-16-18-11-15(20-16)7-9-17/h3-6,11-12H,7-8,10H2,1-2H3. The molecule has 0 aliphatic carbocycles. The van der Waals surface area contributed by atoms with Crippen LogP contribution in [0, 0.1) is 11.3 Å². The number of rotatable bonds is 6. The van der Waals surface area contributed by atoms with E-state index in [9.17, 15) is 0 Å². The van der Waals surface area contributed by atoms with Crippen LogP contribution in [0.4, 0.5) is 0 Å². The quantitative estimate of drug-likeness (QED) is 0.807. The highest BCUT2D eigenvalue weighted by Crippen LogP contribution is 2.19. The van der Waals surface area contributed by atoms with Crippen molar-refractivity contribution in [1.82, 2.24) is 4.98 Å². The van der Waals surface area contributed by atoms with Gasteiger partial charge in [0.2, 0.25) is 0 Å². The highest BCUT2D eigenvalue weighted by atomic mass is 32.1. The molecule has 0 bridgehead atoms. The molecular formula is C16H18N2OS. The van der Waals surface area contributed by atoms with E-state index in [0.717, 1.165) is 22.1 Å². The van der Waals surface area contributed by atoms with Crippen LogP contribution >= 0.6 is 11.3 Å². The van der Waals surface area contributed by atoms with Crippen molar-refractivity contribution in [3.05, 3.63) is 45.9 Å². The van der Waals surface area contributed by atoms with Gasteiger partial charge in [-0.05, 0) is 23.6 Å². The summed E-state index contributed by atoms with van der Waals surface area (Å²) in [5, 5.41) is 9.64. The van der Waals surface area contributed by atoms with Crippen molar-refractivity contribution < 1.29 is 4.74 Å². The molecule has 2 rings (SSSR count). The van der Waals surface area contributed by atoms with Gasteiger partial charge in [0.1, 0.15) is 5.75 Å². The Bertz CT molecular complexity index is 581. The van der Waals surface area contributed by atoms with Crippen LogP contribution in [-0.2, 0) is 12.8 Å². The van der Waals surface area contributed by atoms with E-state index in [1.54, 1.807) is 17.5 Å². The van der Waals surface area contributed by atoms with Crippen molar-refractivity contribution in [3.63, 3.8) is 0 Å². The number of hydrogen-bond acceptors (Lipinski definition) is 4. The second-order valence-corrected chi connectivity index (χ2v) is 6.08. The first kappa shape index (κ1) is 14.5. The summed E-state index contributed by atoms with van der Waals surface area (Å²) in [4.78, 5) is 5.31. The Morgan fingerprint density at radius 2 is 2.05 bits per heavy atom. The molecule has 0 radical (unpaired) electrons. The molecule has 0 spiro atoms. The number of thiazole rings is 1. The van der Waals surface area contributed by atoms with E-state index in [0.29, 0.717) is 18.9 Å². The number of nitrogens with zero attached hydrogens (tertiary/aromatic N) is 2. The van der Waals surface area contributed by atoms with E-state index in [1.807, 2.05) is 12.1 Å². The Morgan fingerprint density at radius 3 is 2.70 bits per heavy atom. The molecule has 0 saturated heterocycles. The fourth-order valence-corrected chi connectivity index (χ4v) is 2.66. The van der Waals surface area contributed by atoms with E-state index >= 15 is 0 Å². The molecule has 1 heterocycles. The summed E-state index contributed by atoms with van der Waals surface area (Å²) in [6, 6.07) is 10.4. The van der Waals surface area contributed by atoms with E-state index in [2.05, 4.69) is 37.0 Å². The lowest BCUT2D eigenvalue weighted by molar-refractivity contribution is 0.321. The summed E-state index contributed by atoms with van der Waals surface area (Å²) in [6.45, 7) is 4.97. The summed E-state index contributed by atoms with van der Waals surface area (Å²) in [7, 11) is 0. The monoisotopic (exact) mass is 286 g/mol. The average molecular weight is 286 g/mol. The smallest absolute Gasteiger partial charge is 0.119 e. The molecule has 4 heteroatoms. The van der Waals surface area contributed by atoms with Crippen LogP contribution in [0.1, 0.15) is 35.2 Å². The van der Waals surface area contributed by atoms with Crippen LogP contribution in [0.2, 0.25) is 0 Å². The Labute approximate surface area is 123 Å². The van der Waals surface area contributed by atoms with Gasteiger partial charge in [0.15, 0.2) is 0 Å². The molecule has 0 unspecified atom stereocenters. The van der Waals surface area contributed by atoms with Crippen molar-refractivity contribution in [2.75, 3.05) is 6.61 Å². The van der Waals surface area contributed by atoms with E-state index < -0.39 is 0 Å². The van der Waals surface area contributed by atoms with Crippen LogP contribution in [0.15, 0.2) is 30.5 Å². The maximum absolute atomic E-state index is 8.62. The topological polar surface area (TPSA) is 45.9 Å². The van der Waals surface area contributed by atoms with E-state index in [1.165, 1.54) is 5.56 Å². The van der Waals surface area contributed by atoms with Crippen molar-refractivity contribution in [2.45, 2.75) is 32.6 Å². The van der Waals surface area contributed by atoms with Gasteiger partial charge < -0.3 is 4.74 Å². The van der Waals surface area contributed by atoms with Gasteiger partial charge in [0.05, 0.1) is 24.1 Å². The molecule has 1 aromatic heterocycles. The van der Waals surface area contributed by atoms with Gasteiger partial charge in [-0.15, -0.1) is 11.3 Å². The van der Waals surface area contributed by atoms with Crippen LogP contribution in [0.25, 0.3) is 0 Å². The highest BCUT2D eigenvalue weighted by Gasteiger charge is 2.03. The minimum Gasteiger partial charge on any atom is -0.493 e. The zero-order valence-corrected chi connectivity index (χ0v) is 12.6. The average Bonchev–Trinajstić information content (AvgIpc) is 2.87. The molecule has 3 nitrogen and oxygen atoms in total. The minimum absolute atomic E-state index is 0.440. The third kappa shape index (κ3) is 4.07. The third-order valence-corrected chi connectivity index (χ3v) is 4.04. The van der Waals surface area contributed by atoms with Gasteiger partial charge >= 0.3 is 0 Å². The van der Waals surface area contributed by atoms with Crippen molar-refractivity contribution in [2.24, 2.45) is 0 Å². The van der Waals surface area contributed by atoms with Gasteiger partial charge in [-0.1, -0.05) is 26.0 Å². The van der Waals surface area contributed by atoms with Crippen LogP contribution in [0.3, 0.4) is 0 Å². The molecule has 0 N–H and O–H groups in total. The number of benzene rings is 1. The number of ether oxygens (including phenoxy) is 1. The molecule has 0 fully saturated rings. The van der Waals surface area contributed by atoms with Crippen molar-refractivity contribution >= 4 is 11.3 Å². The first-order valence-corrected chi connectivity index (χ1v) is 7.54. The number of nitriles is 1. The zero-order chi connectivity index (χ0) is 14.4. The number of hydrogen-bond donors (Lipinski definition) is 0. The molecule has 0 saturated carbocycles. The summed E-state index contributed by atoms with van der Waals surface area (Å²) in [5.74, 6) is 1.43. The Hall–Kier alpha value is -1.86. The van der Waals surface area contributed by atoms with Crippen molar-refractivity contribution in [1.29, 1.82) is 5.26 Å². The molecule has 0 atom stereocenters.